The van der Waals surface area contributed by atoms with Crippen LogP contribution in [-0.4, -0.2) is 15.0 Å². The fourth-order valence-corrected chi connectivity index (χ4v) is 9.75. The van der Waals surface area contributed by atoms with E-state index in [0.29, 0.717) is 34.0 Å². The smallest absolute Gasteiger partial charge is 0.164 e. The molecule has 57 heavy (non-hydrogen) atoms. The number of nitrogens with zero attached hydrogens (tertiary/aromatic N) is 5. The topological polar surface area (TPSA) is 86.2 Å². The molecule has 276 valence electrons. The van der Waals surface area contributed by atoms with Crippen LogP contribution in [0.4, 0.5) is 0 Å². The van der Waals surface area contributed by atoms with Crippen LogP contribution in [0.2, 0.25) is 0 Å². The van der Waals surface area contributed by atoms with Gasteiger partial charge in [-0.05, 0) is 118 Å². The van der Waals surface area contributed by atoms with E-state index in [1.165, 1.54) is 48.8 Å². The third-order valence-electron chi connectivity index (χ3n) is 12.2. The van der Waals surface area contributed by atoms with Crippen LogP contribution in [0.3, 0.4) is 0 Å². The standard InChI is InChI=1S/C52H43N5/c1-34-27-38-28-35(2)30-52(29-34,31-38)48-25-23-44(24-26-48)43-15-21-47(22-16-43)51-56-49(45-17-11-41(12-18-45)39-7-3-36(32-53)4-8-39)55-50(57-51)46-19-13-42(14-20-46)40-9-5-37(33-54)6-10-40/h3-26,34-35,38H,27-31H2,1-2H3/t34-,35+,38?,52?. The van der Waals surface area contributed by atoms with Crippen molar-refractivity contribution >= 4 is 0 Å². The van der Waals surface area contributed by atoms with Crippen LogP contribution in [0.15, 0.2) is 146 Å². The van der Waals surface area contributed by atoms with Crippen molar-refractivity contribution in [3.8, 4) is 79.7 Å². The number of hydrogen-bond acceptors (Lipinski definition) is 5. The molecule has 2 aliphatic carbocycles. The third-order valence-corrected chi connectivity index (χ3v) is 12.2. The molecule has 0 saturated heterocycles. The molecule has 2 fully saturated rings. The Morgan fingerprint density at radius 3 is 1.00 bits per heavy atom. The highest BCUT2D eigenvalue weighted by molar-refractivity contribution is 5.74. The van der Waals surface area contributed by atoms with Crippen LogP contribution < -0.4 is 0 Å². The van der Waals surface area contributed by atoms with Crippen LogP contribution in [-0.2, 0) is 5.41 Å². The maximum absolute atomic E-state index is 9.23. The van der Waals surface area contributed by atoms with Gasteiger partial charge in [-0.15, -0.1) is 0 Å². The van der Waals surface area contributed by atoms with Gasteiger partial charge < -0.3 is 0 Å². The molecular formula is C52H43N5. The van der Waals surface area contributed by atoms with E-state index < -0.39 is 0 Å². The second-order valence-corrected chi connectivity index (χ2v) is 16.4. The van der Waals surface area contributed by atoms with Crippen LogP contribution in [0.5, 0.6) is 0 Å². The average molecular weight is 738 g/mol. The third kappa shape index (κ3) is 7.38. The van der Waals surface area contributed by atoms with Crippen molar-refractivity contribution in [3.05, 3.63) is 162 Å². The summed E-state index contributed by atoms with van der Waals surface area (Å²) in [7, 11) is 0. The molecule has 2 unspecified atom stereocenters. The minimum Gasteiger partial charge on any atom is -0.208 e. The number of aromatic nitrogens is 3. The van der Waals surface area contributed by atoms with Gasteiger partial charge in [-0.2, -0.15) is 10.5 Å². The lowest BCUT2D eigenvalue weighted by Crippen LogP contribution is -2.42. The Labute approximate surface area is 335 Å². The first kappa shape index (κ1) is 36.0. The monoisotopic (exact) mass is 737 g/mol. The molecule has 0 radical (unpaired) electrons. The van der Waals surface area contributed by atoms with E-state index in [1.807, 2.05) is 72.8 Å². The van der Waals surface area contributed by atoms with Gasteiger partial charge in [0.1, 0.15) is 0 Å². The van der Waals surface area contributed by atoms with Crippen molar-refractivity contribution in [3.63, 3.8) is 0 Å². The van der Waals surface area contributed by atoms with Crippen molar-refractivity contribution in [2.24, 2.45) is 17.8 Å². The number of benzene rings is 6. The van der Waals surface area contributed by atoms with Gasteiger partial charge in [0, 0.05) is 16.7 Å². The van der Waals surface area contributed by atoms with Crippen molar-refractivity contribution in [1.82, 2.24) is 15.0 Å². The second kappa shape index (κ2) is 15.1. The molecule has 5 heteroatoms. The zero-order valence-corrected chi connectivity index (χ0v) is 32.4. The molecule has 2 saturated carbocycles. The van der Waals surface area contributed by atoms with Crippen molar-refractivity contribution in [1.29, 1.82) is 10.5 Å². The molecule has 0 aliphatic heterocycles. The first-order valence-corrected chi connectivity index (χ1v) is 20.0. The van der Waals surface area contributed by atoms with Gasteiger partial charge in [-0.3, -0.25) is 0 Å². The predicted molar refractivity (Wildman–Crippen MR) is 228 cm³/mol. The lowest BCUT2D eigenvalue weighted by atomic mass is 9.54. The lowest BCUT2D eigenvalue weighted by Gasteiger charge is -2.50. The van der Waals surface area contributed by atoms with Crippen LogP contribution in [0.25, 0.3) is 67.5 Å². The van der Waals surface area contributed by atoms with Crippen molar-refractivity contribution in [2.45, 2.75) is 51.4 Å². The number of nitriles is 2. The fourth-order valence-electron chi connectivity index (χ4n) is 9.75. The van der Waals surface area contributed by atoms with Crippen molar-refractivity contribution < 1.29 is 0 Å². The Morgan fingerprint density at radius 1 is 0.404 bits per heavy atom. The quantitative estimate of drug-likeness (QED) is 0.163. The molecule has 2 aliphatic rings. The normalized spacial score (nSPS) is 20.0. The highest BCUT2D eigenvalue weighted by Gasteiger charge is 2.45. The molecule has 4 atom stereocenters. The van der Waals surface area contributed by atoms with E-state index in [4.69, 9.17) is 15.0 Å². The first-order valence-electron chi connectivity index (χ1n) is 20.0. The summed E-state index contributed by atoms with van der Waals surface area (Å²) in [6.07, 6.45) is 6.73. The lowest BCUT2D eigenvalue weighted by molar-refractivity contribution is 0.0780. The van der Waals surface area contributed by atoms with E-state index in [1.54, 1.807) is 0 Å². The van der Waals surface area contributed by atoms with Gasteiger partial charge in [0.25, 0.3) is 0 Å². The SMILES string of the molecule is C[C@@H]1CC2C[C@H](C)CC(c3ccc(-c4ccc(-c5nc(-c6ccc(-c7ccc(C#N)cc7)cc6)nc(-c6ccc(-c7ccc(C#N)cc7)cc6)n5)cc4)cc3)(C2)C1. The molecule has 0 N–H and O–H groups in total. The van der Waals surface area contributed by atoms with E-state index in [2.05, 4.69) is 98.8 Å². The van der Waals surface area contributed by atoms with Gasteiger partial charge in [0.2, 0.25) is 0 Å². The number of rotatable bonds is 7. The molecule has 2 bridgehead atoms. The van der Waals surface area contributed by atoms with Crippen LogP contribution in [0, 0.1) is 40.4 Å². The van der Waals surface area contributed by atoms with E-state index in [0.717, 1.165) is 56.7 Å². The van der Waals surface area contributed by atoms with Crippen molar-refractivity contribution in [2.75, 3.05) is 0 Å². The Balaban J connectivity index is 1.03. The van der Waals surface area contributed by atoms with Crippen LogP contribution in [0.1, 0.15) is 62.6 Å². The summed E-state index contributed by atoms with van der Waals surface area (Å²) in [5, 5.41) is 18.5. The molecule has 5 nitrogen and oxygen atoms in total. The summed E-state index contributed by atoms with van der Waals surface area (Å²) in [6, 6.07) is 54.0. The molecule has 6 aromatic carbocycles. The Bertz CT molecular complexity index is 2470. The highest BCUT2D eigenvalue weighted by Crippen LogP contribution is 2.54. The molecule has 0 spiro atoms. The van der Waals surface area contributed by atoms with E-state index in [9.17, 15) is 10.5 Å². The van der Waals surface area contributed by atoms with Crippen LogP contribution >= 0.6 is 0 Å². The van der Waals surface area contributed by atoms with Gasteiger partial charge in [-0.1, -0.05) is 135 Å². The minimum atomic E-state index is 0.324. The average Bonchev–Trinajstić information content (AvgIpc) is 3.26. The molecule has 1 heterocycles. The highest BCUT2D eigenvalue weighted by atomic mass is 15.0. The number of fused-ring (bicyclic) bond motifs is 2. The molecule has 9 rings (SSSR count). The molecule has 1 aromatic heterocycles. The summed E-state index contributed by atoms with van der Waals surface area (Å²) >= 11 is 0. The number of hydrogen-bond donors (Lipinski definition) is 0. The zero-order valence-electron chi connectivity index (χ0n) is 32.4. The molecular weight excluding hydrogens is 695 g/mol. The molecule has 7 aromatic rings. The maximum atomic E-state index is 9.23. The Morgan fingerprint density at radius 2 is 0.684 bits per heavy atom. The summed E-state index contributed by atoms with van der Waals surface area (Å²) < 4.78 is 0. The zero-order chi connectivity index (χ0) is 38.9. The summed E-state index contributed by atoms with van der Waals surface area (Å²) in [5.74, 6) is 4.24. The largest absolute Gasteiger partial charge is 0.208 e. The summed E-state index contributed by atoms with van der Waals surface area (Å²) in [5.41, 5.74) is 12.4. The predicted octanol–water partition coefficient (Wildman–Crippen LogP) is 12.7. The van der Waals surface area contributed by atoms with E-state index >= 15 is 0 Å². The Kier molecular flexibility index (Phi) is 9.53. The van der Waals surface area contributed by atoms with Gasteiger partial charge in [0.15, 0.2) is 17.5 Å². The van der Waals surface area contributed by atoms with Gasteiger partial charge in [0.05, 0.1) is 23.3 Å². The van der Waals surface area contributed by atoms with Gasteiger partial charge in [-0.25, -0.2) is 15.0 Å². The maximum Gasteiger partial charge on any atom is 0.164 e. The summed E-state index contributed by atoms with van der Waals surface area (Å²) in [6.45, 7) is 4.91. The van der Waals surface area contributed by atoms with E-state index in [-0.39, 0.29) is 0 Å². The second-order valence-electron chi connectivity index (χ2n) is 16.4. The Hall–Kier alpha value is -6.69. The van der Waals surface area contributed by atoms with Gasteiger partial charge >= 0.3 is 0 Å². The first-order chi connectivity index (χ1) is 27.8. The minimum absolute atomic E-state index is 0.324. The fraction of sp³-hybridized carbons (Fsp3) is 0.212. The molecule has 0 amide bonds. The summed E-state index contributed by atoms with van der Waals surface area (Å²) in [4.78, 5) is 15.1.